The second kappa shape index (κ2) is 7.65. The van der Waals surface area contributed by atoms with Gasteiger partial charge in [-0.15, -0.1) is 0 Å². The molecule has 0 aromatic carbocycles. The molecule has 0 aliphatic carbocycles. The lowest BCUT2D eigenvalue weighted by Gasteiger charge is -2.46. The summed E-state index contributed by atoms with van der Waals surface area (Å²) < 4.78 is 0. The third-order valence-electron chi connectivity index (χ3n) is 4.37. The Morgan fingerprint density at radius 3 is 2.41 bits per heavy atom. The Morgan fingerprint density at radius 1 is 1.29 bits per heavy atom. The molecule has 1 heterocycles. The zero-order chi connectivity index (χ0) is 12.7. The molecule has 0 aromatic rings. The fourth-order valence-electron chi connectivity index (χ4n) is 2.89. The molecule has 1 unspecified atom stereocenters. The molecule has 0 radical (unpaired) electrons. The molecule has 1 fully saturated rings. The van der Waals surface area contributed by atoms with Crippen LogP contribution in [0.4, 0.5) is 0 Å². The first-order valence-corrected chi connectivity index (χ1v) is 8.40. The van der Waals surface area contributed by atoms with Gasteiger partial charge >= 0.3 is 0 Å². The minimum absolute atomic E-state index is 0.292. The van der Waals surface area contributed by atoms with Crippen LogP contribution in [0.25, 0.3) is 0 Å². The Morgan fingerprint density at radius 2 is 2.00 bits per heavy atom. The van der Waals surface area contributed by atoms with Crippen molar-refractivity contribution in [2.45, 2.75) is 52.0 Å². The fraction of sp³-hybridized carbons (Fsp3) is 1.00. The minimum Gasteiger partial charge on any atom is -0.329 e. The molecule has 102 valence electrons. The quantitative estimate of drug-likeness (QED) is 0.761. The molecule has 2 N–H and O–H groups in total. The van der Waals surface area contributed by atoms with Crippen molar-refractivity contribution in [2.24, 2.45) is 11.7 Å². The molecular weight excluding hydrogens is 228 g/mol. The summed E-state index contributed by atoms with van der Waals surface area (Å²) in [6.07, 6.45) is 5.22. The molecule has 0 aromatic heterocycles. The molecule has 1 rings (SSSR count). The summed E-state index contributed by atoms with van der Waals surface area (Å²) in [4.78, 5) is 2.68. The van der Waals surface area contributed by atoms with Gasteiger partial charge in [0.1, 0.15) is 0 Å². The first kappa shape index (κ1) is 15.3. The maximum absolute atomic E-state index is 6.12. The molecular formula is C14H30N2S. The third-order valence-corrected chi connectivity index (χ3v) is 5.69. The minimum atomic E-state index is 0.292. The van der Waals surface area contributed by atoms with Crippen molar-refractivity contribution in [1.29, 1.82) is 0 Å². The summed E-state index contributed by atoms with van der Waals surface area (Å²) in [5.41, 5.74) is 6.41. The molecule has 17 heavy (non-hydrogen) atoms. The number of rotatable bonds is 7. The molecule has 0 spiro atoms. The van der Waals surface area contributed by atoms with Crippen LogP contribution in [0, 0.1) is 5.92 Å². The number of nitrogens with two attached hydrogens (primary N) is 1. The van der Waals surface area contributed by atoms with Crippen molar-refractivity contribution in [3.8, 4) is 0 Å². The molecule has 1 atom stereocenters. The predicted octanol–water partition coefficient (Wildman–Crippen LogP) is 2.97. The molecule has 2 nitrogen and oxygen atoms in total. The Hall–Kier alpha value is 0.270. The third kappa shape index (κ3) is 3.87. The van der Waals surface area contributed by atoms with Crippen LogP contribution in [0.1, 0.15) is 46.5 Å². The van der Waals surface area contributed by atoms with Crippen LogP contribution in [0.5, 0.6) is 0 Å². The first-order chi connectivity index (χ1) is 8.22. The van der Waals surface area contributed by atoms with E-state index in [9.17, 15) is 0 Å². The smallest absolute Gasteiger partial charge is 0.0422 e. The normalized spacial score (nSPS) is 25.8. The van der Waals surface area contributed by atoms with E-state index in [2.05, 4.69) is 37.4 Å². The standard InChI is InChI=1S/C14H30N2S/c1-4-13(5-2)10-16(6-3)14(11-15)8-7-9-17-12-14/h13H,4-12,15H2,1-3H3. The van der Waals surface area contributed by atoms with Crippen molar-refractivity contribution >= 4 is 11.8 Å². The lowest BCUT2D eigenvalue weighted by molar-refractivity contribution is 0.0871. The van der Waals surface area contributed by atoms with E-state index in [0.29, 0.717) is 5.54 Å². The van der Waals surface area contributed by atoms with Crippen LogP contribution in [-0.4, -0.2) is 41.6 Å². The second-order valence-corrected chi connectivity index (χ2v) is 6.41. The van der Waals surface area contributed by atoms with Gasteiger partial charge < -0.3 is 5.73 Å². The van der Waals surface area contributed by atoms with Gasteiger partial charge in [0.05, 0.1) is 0 Å². The highest BCUT2D eigenvalue weighted by Gasteiger charge is 2.36. The monoisotopic (exact) mass is 258 g/mol. The Kier molecular flexibility index (Phi) is 6.90. The summed E-state index contributed by atoms with van der Waals surface area (Å²) >= 11 is 2.09. The Balaban J connectivity index is 2.67. The lowest BCUT2D eigenvalue weighted by atomic mass is 9.91. The van der Waals surface area contributed by atoms with Gasteiger partial charge in [0.25, 0.3) is 0 Å². The van der Waals surface area contributed by atoms with E-state index in [1.165, 1.54) is 43.7 Å². The van der Waals surface area contributed by atoms with E-state index >= 15 is 0 Å². The van der Waals surface area contributed by atoms with E-state index in [0.717, 1.165) is 19.0 Å². The lowest BCUT2D eigenvalue weighted by Crippen LogP contribution is -2.58. The predicted molar refractivity (Wildman–Crippen MR) is 79.7 cm³/mol. The van der Waals surface area contributed by atoms with E-state index in [-0.39, 0.29) is 0 Å². The van der Waals surface area contributed by atoms with Gasteiger partial charge in [0, 0.05) is 24.4 Å². The van der Waals surface area contributed by atoms with Gasteiger partial charge in [0.15, 0.2) is 0 Å². The Labute approximate surface area is 112 Å². The molecule has 1 saturated heterocycles. The van der Waals surface area contributed by atoms with Crippen LogP contribution in [0.15, 0.2) is 0 Å². The van der Waals surface area contributed by atoms with Gasteiger partial charge in [-0.1, -0.05) is 33.6 Å². The maximum Gasteiger partial charge on any atom is 0.0422 e. The maximum atomic E-state index is 6.12. The van der Waals surface area contributed by atoms with E-state index in [1.54, 1.807) is 0 Å². The van der Waals surface area contributed by atoms with Crippen molar-refractivity contribution in [3.05, 3.63) is 0 Å². The Bertz CT molecular complexity index is 198. The fourth-order valence-corrected chi connectivity index (χ4v) is 4.21. The topological polar surface area (TPSA) is 29.3 Å². The van der Waals surface area contributed by atoms with Gasteiger partial charge in [-0.2, -0.15) is 11.8 Å². The van der Waals surface area contributed by atoms with Crippen molar-refractivity contribution in [1.82, 2.24) is 4.90 Å². The number of hydrogen-bond donors (Lipinski definition) is 1. The average molecular weight is 258 g/mol. The summed E-state index contributed by atoms with van der Waals surface area (Å²) in [7, 11) is 0. The van der Waals surface area contributed by atoms with Gasteiger partial charge in [-0.25, -0.2) is 0 Å². The van der Waals surface area contributed by atoms with Crippen LogP contribution >= 0.6 is 11.8 Å². The summed E-state index contributed by atoms with van der Waals surface area (Å²) in [5.74, 6) is 3.40. The van der Waals surface area contributed by atoms with E-state index in [4.69, 9.17) is 5.73 Å². The summed E-state index contributed by atoms with van der Waals surface area (Å²) in [6, 6.07) is 0. The highest BCUT2D eigenvalue weighted by Crippen LogP contribution is 2.32. The van der Waals surface area contributed by atoms with E-state index in [1.807, 2.05) is 0 Å². The van der Waals surface area contributed by atoms with Crippen LogP contribution < -0.4 is 5.73 Å². The van der Waals surface area contributed by atoms with Crippen LogP contribution in [0.2, 0.25) is 0 Å². The van der Waals surface area contributed by atoms with Crippen molar-refractivity contribution in [3.63, 3.8) is 0 Å². The summed E-state index contributed by atoms with van der Waals surface area (Å²) in [6.45, 7) is 10.1. The zero-order valence-corrected chi connectivity index (χ0v) is 12.7. The second-order valence-electron chi connectivity index (χ2n) is 5.31. The van der Waals surface area contributed by atoms with Crippen LogP contribution in [-0.2, 0) is 0 Å². The molecule has 0 amide bonds. The van der Waals surface area contributed by atoms with Crippen LogP contribution in [0.3, 0.4) is 0 Å². The molecule has 0 saturated carbocycles. The number of hydrogen-bond acceptors (Lipinski definition) is 3. The summed E-state index contributed by atoms with van der Waals surface area (Å²) in [5, 5.41) is 0. The number of likely N-dealkylation sites (N-methyl/N-ethyl adjacent to an activating group) is 1. The molecule has 0 bridgehead atoms. The molecule has 1 aliphatic heterocycles. The van der Waals surface area contributed by atoms with Gasteiger partial charge in [-0.05, 0) is 31.1 Å². The zero-order valence-electron chi connectivity index (χ0n) is 11.9. The first-order valence-electron chi connectivity index (χ1n) is 7.25. The number of thioether (sulfide) groups is 1. The van der Waals surface area contributed by atoms with Gasteiger partial charge in [0.2, 0.25) is 0 Å². The largest absolute Gasteiger partial charge is 0.329 e. The highest BCUT2D eigenvalue weighted by atomic mass is 32.2. The molecule has 1 aliphatic rings. The van der Waals surface area contributed by atoms with Gasteiger partial charge in [-0.3, -0.25) is 4.90 Å². The number of nitrogens with zero attached hydrogens (tertiary/aromatic N) is 1. The van der Waals surface area contributed by atoms with Crippen molar-refractivity contribution < 1.29 is 0 Å². The molecule has 3 heteroatoms. The average Bonchev–Trinajstić information content (AvgIpc) is 2.41. The van der Waals surface area contributed by atoms with Crippen molar-refractivity contribution in [2.75, 3.05) is 31.1 Å². The highest BCUT2D eigenvalue weighted by molar-refractivity contribution is 7.99. The SMILES string of the molecule is CCC(CC)CN(CC)C1(CN)CCCSC1. The van der Waals surface area contributed by atoms with E-state index < -0.39 is 0 Å².